The van der Waals surface area contributed by atoms with Gasteiger partial charge in [0.2, 0.25) is 0 Å². The van der Waals surface area contributed by atoms with E-state index in [1.165, 1.54) is 10.7 Å². The molecule has 0 aliphatic carbocycles. The van der Waals surface area contributed by atoms with Gasteiger partial charge in [-0.05, 0) is 42.8 Å². The van der Waals surface area contributed by atoms with E-state index in [4.69, 9.17) is 16.3 Å². The summed E-state index contributed by atoms with van der Waals surface area (Å²) < 4.78 is 6.73. The number of phenols is 1. The van der Waals surface area contributed by atoms with Crippen molar-refractivity contribution >= 4 is 24.3 Å². The number of halogens is 1. The van der Waals surface area contributed by atoms with Crippen LogP contribution in [0.1, 0.15) is 12.5 Å². The molecule has 0 aliphatic heterocycles. The Bertz CT molecular complexity index is 1080. The predicted molar refractivity (Wildman–Crippen MR) is 99.0 cm³/mol. The van der Waals surface area contributed by atoms with E-state index in [9.17, 15) is 9.90 Å². The molecule has 128 valence electrons. The fraction of sp³-hybridized carbons (Fsp3) is 0.105. The highest BCUT2D eigenvalue weighted by molar-refractivity contribution is 6.32. The van der Waals surface area contributed by atoms with Gasteiger partial charge in [0.25, 0.3) is 5.56 Å². The lowest BCUT2D eigenvalue weighted by Gasteiger charge is -2.05. The zero-order valence-electron chi connectivity index (χ0n) is 13.6. The predicted octanol–water partition coefficient (Wildman–Crippen LogP) is 2.16. The van der Waals surface area contributed by atoms with E-state index < -0.39 is 0 Å². The van der Waals surface area contributed by atoms with E-state index in [1.807, 2.05) is 6.92 Å². The van der Waals surface area contributed by atoms with Crippen LogP contribution in [0, 0.1) is 0 Å². The maximum atomic E-state index is 12.7. The molecule has 0 radical (unpaired) electrons. The van der Waals surface area contributed by atoms with Crippen LogP contribution in [0.3, 0.4) is 0 Å². The van der Waals surface area contributed by atoms with Gasteiger partial charge in [-0.25, -0.2) is 4.68 Å². The fourth-order valence-corrected chi connectivity index (χ4v) is 2.73. The normalized spacial score (nSPS) is 11.7. The Morgan fingerprint density at radius 3 is 2.80 bits per heavy atom. The molecule has 0 saturated heterocycles. The molecule has 0 atom stereocenters. The van der Waals surface area contributed by atoms with Crippen LogP contribution in [0.15, 0.2) is 47.3 Å². The van der Waals surface area contributed by atoms with Crippen LogP contribution in [0.2, 0.25) is 5.02 Å². The van der Waals surface area contributed by atoms with E-state index in [2.05, 4.69) is 11.7 Å². The minimum atomic E-state index is -0.260. The van der Waals surface area contributed by atoms with Crippen molar-refractivity contribution < 1.29 is 9.84 Å². The number of aromatic amines is 1. The number of para-hydroxylation sites is 1. The first kappa shape index (κ1) is 16.9. The van der Waals surface area contributed by atoms with Crippen molar-refractivity contribution in [2.24, 2.45) is 0 Å². The van der Waals surface area contributed by atoms with Gasteiger partial charge in [0.05, 0.1) is 27.9 Å². The first-order valence-electron chi connectivity index (χ1n) is 7.73. The first-order chi connectivity index (χ1) is 12.0. The lowest BCUT2D eigenvalue weighted by molar-refractivity contribution is 0.318. The van der Waals surface area contributed by atoms with E-state index in [-0.39, 0.29) is 11.3 Å². The average molecular weight is 357 g/mol. The van der Waals surface area contributed by atoms with Gasteiger partial charge in [-0.1, -0.05) is 36.4 Å². The number of benzene rings is 2. The summed E-state index contributed by atoms with van der Waals surface area (Å²) in [5, 5.41) is 14.1. The van der Waals surface area contributed by atoms with Crippen molar-refractivity contribution in [2.75, 3.05) is 6.61 Å². The first-order valence-corrected chi connectivity index (χ1v) is 8.11. The number of ether oxygens (including phenoxy) is 1. The van der Waals surface area contributed by atoms with Crippen LogP contribution in [0.5, 0.6) is 11.5 Å². The fourth-order valence-electron chi connectivity index (χ4n) is 2.51. The van der Waals surface area contributed by atoms with Crippen LogP contribution >= 0.6 is 11.6 Å². The number of hydrogen-bond acceptors (Lipinski definition) is 3. The Hall–Kier alpha value is -2.92. The molecule has 0 aliphatic rings. The molecule has 2 N–H and O–H groups in total. The molecule has 0 bridgehead atoms. The van der Waals surface area contributed by atoms with E-state index >= 15 is 0 Å². The van der Waals surface area contributed by atoms with Crippen LogP contribution < -0.4 is 20.9 Å². The zero-order chi connectivity index (χ0) is 18.0. The Morgan fingerprint density at radius 2 is 2.08 bits per heavy atom. The SMILES string of the molecule is C=c1[nH]n(-c2ccccc2Cl)c(=O)/c1=C/c1ccc(O)c(OCC)c1. The van der Waals surface area contributed by atoms with Crippen LogP contribution in [0.25, 0.3) is 18.3 Å². The van der Waals surface area contributed by atoms with E-state index in [1.54, 1.807) is 42.5 Å². The van der Waals surface area contributed by atoms with E-state index in [0.29, 0.717) is 39.2 Å². The zero-order valence-corrected chi connectivity index (χ0v) is 14.4. The number of aromatic hydroxyl groups is 1. The van der Waals surface area contributed by atoms with Crippen molar-refractivity contribution in [3.8, 4) is 17.2 Å². The molecular formula is C19H17ClN2O3. The Balaban J connectivity index is 2.15. The van der Waals surface area contributed by atoms with Crippen LogP contribution in [-0.2, 0) is 0 Å². The number of H-pyrrole nitrogens is 1. The monoisotopic (exact) mass is 356 g/mol. The van der Waals surface area contributed by atoms with Gasteiger partial charge < -0.3 is 9.84 Å². The molecule has 0 unspecified atom stereocenters. The molecule has 25 heavy (non-hydrogen) atoms. The summed E-state index contributed by atoms with van der Waals surface area (Å²) in [6.07, 6.45) is 1.69. The molecular weight excluding hydrogens is 340 g/mol. The smallest absolute Gasteiger partial charge is 0.279 e. The van der Waals surface area contributed by atoms with E-state index in [0.717, 1.165) is 0 Å². The summed E-state index contributed by atoms with van der Waals surface area (Å²) in [5.41, 5.74) is 1.01. The number of aromatic nitrogens is 2. The molecule has 0 fully saturated rings. The molecule has 5 nitrogen and oxygen atoms in total. The van der Waals surface area contributed by atoms with Crippen molar-refractivity contribution in [1.29, 1.82) is 0 Å². The lowest BCUT2D eigenvalue weighted by Crippen LogP contribution is -2.34. The van der Waals surface area contributed by atoms with Crippen LogP contribution in [-0.4, -0.2) is 21.5 Å². The Kier molecular flexibility index (Phi) is 4.67. The van der Waals surface area contributed by atoms with Gasteiger partial charge in [0.15, 0.2) is 11.5 Å². The molecule has 1 aromatic heterocycles. The maximum absolute atomic E-state index is 12.7. The third-order valence-corrected chi connectivity index (χ3v) is 4.01. The summed E-state index contributed by atoms with van der Waals surface area (Å²) in [6.45, 7) is 6.16. The second kappa shape index (κ2) is 6.91. The number of nitrogens with one attached hydrogen (secondary N) is 1. The molecule has 1 heterocycles. The van der Waals surface area contributed by atoms with Crippen molar-refractivity contribution in [2.45, 2.75) is 6.92 Å². The van der Waals surface area contributed by atoms with Crippen LogP contribution in [0.4, 0.5) is 0 Å². The standard InChI is InChI=1S/C19H17ClN2O3/c1-3-25-18-11-13(8-9-17(18)23)10-14-12(2)21-22(19(14)24)16-7-5-4-6-15(16)20/h4-11,21,23H,2-3H2,1H3/b14-10+. The Morgan fingerprint density at radius 1 is 1.32 bits per heavy atom. The largest absolute Gasteiger partial charge is 0.504 e. The highest BCUT2D eigenvalue weighted by Crippen LogP contribution is 2.26. The topological polar surface area (TPSA) is 67.2 Å². The quantitative estimate of drug-likeness (QED) is 0.752. The third-order valence-electron chi connectivity index (χ3n) is 3.69. The van der Waals surface area contributed by atoms with Gasteiger partial charge in [-0.3, -0.25) is 9.89 Å². The average Bonchev–Trinajstić information content (AvgIpc) is 2.86. The summed E-state index contributed by atoms with van der Waals surface area (Å²) in [4.78, 5) is 12.7. The van der Waals surface area contributed by atoms with Crippen molar-refractivity contribution in [3.05, 3.63) is 74.0 Å². The summed E-state index contributed by atoms with van der Waals surface area (Å²) in [6, 6.07) is 12.0. The molecule has 3 aromatic rings. The minimum Gasteiger partial charge on any atom is -0.504 e. The second-order valence-corrected chi connectivity index (χ2v) is 5.81. The number of hydrogen-bond donors (Lipinski definition) is 2. The van der Waals surface area contributed by atoms with Gasteiger partial charge >= 0.3 is 0 Å². The molecule has 0 saturated carbocycles. The van der Waals surface area contributed by atoms with Gasteiger partial charge in [-0.15, -0.1) is 0 Å². The Labute approximate surface area is 149 Å². The maximum Gasteiger partial charge on any atom is 0.279 e. The molecule has 0 amide bonds. The highest BCUT2D eigenvalue weighted by atomic mass is 35.5. The summed E-state index contributed by atoms with van der Waals surface area (Å²) >= 11 is 6.17. The third kappa shape index (κ3) is 3.32. The lowest BCUT2D eigenvalue weighted by atomic mass is 10.1. The summed E-state index contributed by atoms with van der Waals surface area (Å²) in [5.74, 6) is 0.417. The molecule has 0 spiro atoms. The van der Waals surface area contributed by atoms with Gasteiger partial charge in [0.1, 0.15) is 0 Å². The second-order valence-electron chi connectivity index (χ2n) is 5.40. The van der Waals surface area contributed by atoms with Gasteiger partial charge in [-0.2, -0.15) is 0 Å². The summed E-state index contributed by atoms with van der Waals surface area (Å²) in [7, 11) is 0. The highest BCUT2D eigenvalue weighted by Gasteiger charge is 2.08. The number of nitrogens with zero attached hydrogens (tertiary/aromatic N) is 1. The molecule has 3 rings (SSSR count). The van der Waals surface area contributed by atoms with Crippen molar-refractivity contribution in [3.63, 3.8) is 0 Å². The van der Waals surface area contributed by atoms with Crippen molar-refractivity contribution in [1.82, 2.24) is 9.78 Å². The molecule has 6 heteroatoms. The number of phenolic OH excluding ortho intramolecular Hbond substituents is 1. The molecule has 2 aromatic carbocycles. The number of rotatable bonds is 4. The van der Waals surface area contributed by atoms with Gasteiger partial charge in [0, 0.05) is 0 Å². The minimum absolute atomic E-state index is 0.0522.